The highest BCUT2D eigenvalue weighted by atomic mass is 16.6. The van der Waals surface area contributed by atoms with Crippen LogP contribution >= 0.6 is 0 Å². The molecule has 1 aromatic carbocycles. The van der Waals surface area contributed by atoms with Crippen LogP contribution in [-0.2, 0) is 52.1 Å². The molecule has 13 nitrogen and oxygen atoms in total. The van der Waals surface area contributed by atoms with Gasteiger partial charge >= 0.3 is 0 Å². The summed E-state index contributed by atoms with van der Waals surface area (Å²) in [5.41, 5.74) is 0. The molecule has 0 aliphatic heterocycles. The minimum atomic E-state index is 0.514. The number of likely N-dealkylation sites (N-methyl/N-ethyl adjacent to an activating group) is 1. The molecule has 45 heavy (non-hydrogen) atoms. The SMILES string of the molecule is CN(C)CCOCCOCCOCCOCCOCCOCCOCCOCCOCCOCCOCCOc1ccccc1. The predicted molar refractivity (Wildman–Crippen MR) is 169 cm³/mol. The molecule has 0 fully saturated rings. The Morgan fingerprint density at radius 1 is 0.333 bits per heavy atom. The van der Waals surface area contributed by atoms with E-state index in [-0.39, 0.29) is 0 Å². The third kappa shape index (κ3) is 33.7. The molecule has 1 aromatic rings. The first-order valence-corrected chi connectivity index (χ1v) is 16.0. The zero-order chi connectivity index (χ0) is 32.1. The van der Waals surface area contributed by atoms with E-state index in [0.29, 0.717) is 145 Å². The molecule has 0 heterocycles. The van der Waals surface area contributed by atoms with Crippen molar-refractivity contribution in [1.82, 2.24) is 4.90 Å². The van der Waals surface area contributed by atoms with E-state index in [1.165, 1.54) is 0 Å². The summed E-state index contributed by atoms with van der Waals surface area (Å²) in [4.78, 5) is 2.08. The first-order chi connectivity index (χ1) is 22.3. The highest BCUT2D eigenvalue weighted by molar-refractivity contribution is 5.20. The molecular formula is C32H59NO12. The van der Waals surface area contributed by atoms with E-state index in [9.17, 15) is 0 Å². The van der Waals surface area contributed by atoms with E-state index in [2.05, 4.69) is 4.90 Å². The zero-order valence-electron chi connectivity index (χ0n) is 27.7. The fourth-order valence-corrected chi connectivity index (χ4v) is 3.28. The molecule has 0 N–H and O–H groups in total. The van der Waals surface area contributed by atoms with Gasteiger partial charge in [-0.2, -0.15) is 0 Å². The molecule has 0 saturated carbocycles. The summed E-state index contributed by atoms with van der Waals surface area (Å²) in [6.07, 6.45) is 0. The number of hydrogen-bond acceptors (Lipinski definition) is 13. The molecule has 0 aromatic heterocycles. The molecule has 0 amide bonds. The monoisotopic (exact) mass is 649 g/mol. The molecule has 0 atom stereocenters. The van der Waals surface area contributed by atoms with Crippen LogP contribution in [0.1, 0.15) is 0 Å². The quantitative estimate of drug-likeness (QED) is 0.0978. The van der Waals surface area contributed by atoms with Crippen LogP contribution < -0.4 is 4.74 Å². The van der Waals surface area contributed by atoms with Gasteiger partial charge in [-0.05, 0) is 26.2 Å². The molecule has 0 aliphatic rings. The maximum atomic E-state index is 5.55. The van der Waals surface area contributed by atoms with E-state index in [4.69, 9.17) is 56.8 Å². The average Bonchev–Trinajstić information content (AvgIpc) is 3.05. The lowest BCUT2D eigenvalue weighted by atomic mass is 10.3. The lowest BCUT2D eigenvalue weighted by Gasteiger charge is -2.10. The van der Waals surface area contributed by atoms with Crippen molar-refractivity contribution in [3.63, 3.8) is 0 Å². The second kappa shape index (κ2) is 35.4. The Kier molecular flexibility index (Phi) is 32.7. The third-order valence-corrected chi connectivity index (χ3v) is 5.64. The minimum absolute atomic E-state index is 0.514. The molecular weight excluding hydrogens is 590 g/mol. The molecule has 0 bridgehead atoms. The van der Waals surface area contributed by atoms with Crippen molar-refractivity contribution in [2.24, 2.45) is 0 Å². The van der Waals surface area contributed by atoms with Gasteiger partial charge in [-0.15, -0.1) is 0 Å². The Morgan fingerprint density at radius 3 is 0.844 bits per heavy atom. The number of ether oxygens (including phenoxy) is 12. The third-order valence-electron chi connectivity index (χ3n) is 5.64. The Balaban J connectivity index is 1.61. The Bertz CT molecular complexity index is 689. The van der Waals surface area contributed by atoms with Crippen molar-refractivity contribution in [3.05, 3.63) is 30.3 Å². The number of nitrogens with zero attached hydrogens (tertiary/aromatic N) is 1. The van der Waals surface area contributed by atoms with Gasteiger partial charge in [-0.1, -0.05) is 18.2 Å². The number of hydrogen-bond donors (Lipinski definition) is 0. The van der Waals surface area contributed by atoms with E-state index in [1.807, 2.05) is 44.4 Å². The summed E-state index contributed by atoms with van der Waals surface area (Å²) in [6, 6.07) is 9.68. The van der Waals surface area contributed by atoms with Crippen LogP contribution in [0.4, 0.5) is 0 Å². The topological polar surface area (TPSA) is 114 Å². The van der Waals surface area contributed by atoms with Crippen LogP contribution in [-0.4, -0.2) is 177 Å². The van der Waals surface area contributed by atoms with E-state index < -0.39 is 0 Å². The largest absolute Gasteiger partial charge is 0.491 e. The maximum absolute atomic E-state index is 5.55. The molecule has 264 valence electrons. The molecule has 13 heteroatoms. The van der Waals surface area contributed by atoms with Gasteiger partial charge < -0.3 is 61.7 Å². The van der Waals surface area contributed by atoms with Crippen molar-refractivity contribution >= 4 is 0 Å². The molecule has 0 spiro atoms. The van der Waals surface area contributed by atoms with Gasteiger partial charge in [-0.25, -0.2) is 0 Å². The van der Waals surface area contributed by atoms with Crippen molar-refractivity contribution in [2.45, 2.75) is 0 Å². The highest BCUT2D eigenvalue weighted by Gasteiger charge is 1.97. The van der Waals surface area contributed by atoms with E-state index in [0.717, 1.165) is 18.9 Å². The summed E-state index contributed by atoms with van der Waals surface area (Å²) in [6.45, 7) is 13.3. The lowest BCUT2D eigenvalue weighted by Crippen LogP contribution is -2.19. The highest BCUT2D eigenvalue weighted by Crippen LogP contribution is 2.07. The van der Waals surface area contributed by atoms with Crippen LogP contribution in [0.3, 0.4) is 0 Å². The molecule has 0 unspecified atom stereocenters. The first-order valence-electron chi connectivity index (χ1n) is 16.0. The molecule has 0 radical (unpaired) electrons. The van der Waals surface area contributed by atoms with Gasteiger partial charge in [0.2, 0.25) is 0 Å². The molecule has 0 saturated heterocycles. The lowest BCUT2D eigenvalue weighted by molar-refractivity contribution is -0.0278. The Labute approximate surface area is 270 Å². The van der Waals surface area contributed by atoms with Gasteiger partial charge in [0, 0.05) is 6.54 Å². The van der Waals surface area contributed by atoms with E-state index >= 15 is 0 Å². The normalized spacial score (nSPS) is 11.5. The summed E-state index contributed by atoms with van der Waals surface area (Å²) < 4.78 is 65.7. The fourth-order valence-electron chi connectivity index (χ4n) is 3.28. The van der Waals surface area contributed by atoms with Crippen LogP contribution in [0.25, 0.3) is 0 Å². The standard InChI is InChI=1S/C32H59NO12/c1-33(2)8-9-34-10-11-35-12-13-36-14-15-37-16-17-38-18-19-39-20-21-40-22-23-41-24-25-42-26-27-43-28-29-44-30-31-45-32-6-4-3-5-7-32/h3-7H,8-31H2,1-2H3. The van der Waals surface area contributed by atoms with Gasteiger partial charge in [-0.3, -0.25) is 0 Å². The van der Waals surface area contributed by atoms with Crippen LogP contribution in [0.2, 0.25) is 0 Å². The van der Waals surface area contributed by atoms with Gasteiger partial charge in [0.05, 0.1) is 145 Å². The second-order valence-electron chi connectivity index (χ2n) is 9.70. The van der Waals surface area contributed by atoms with E-state index in [1.54, 1.807) is 0 Å². The first kappa shape index (κ1) is 41.6. The number of para-hydroxylation sites is 1. The van der Waals surface area contributed by atoms with Crippen LogP contribution in [0.5, 0.6) is 5.75 Å². The maximum Gasteiger partial charge on any atom is 0.119 e. The Morgan fingerprint density at radius 2 is 0.578 bits per heavy atom. The predicted octanol–water partition coefficient (Wildman–Crippen LogP) is 1.81. The number of benzene rings is 1. The van der Waals surface area contributed by atoms with Crippen molar-refractivity contribution in [2.75, 3.05) is 173 Å². The van der Waals surface area contributed by atoms with Gasteiger partial charge in [0.1, 0.15) is 12.4 Å². The smallest absolute Gasteiger partial charge is 0.119 e. The van der Waals surface area contributed by atoms with Crippen molar-refractivity contribution in [3.8, 4) is 5.75 Å². The summed E-state index contributed by atoms with van der Waals surface area (Å²) >= 11 is 0. The van der Waals surface area contributed by atoms with Crippen LogP contribution in [0.15, 0.2) is 30.3 Å². The van der Waals surface area contributed by atoms with Crippen LogP contribution in [0, 0.1) is 0 Å². The molecule has 1 rings (SSSR count). The fraction of sp³-hybridized carbons (Fsp3) is 0.812. The minimum Gasteiger partial charge on any atom is -0.491 e. The number of rotatable bonds is 37. The average molecular weight is 650 g/mol. The summed E-state index contributed by atoms with van der Waals surface area (Å²) in [5.74, 6) is 0.845. The second-order valence-corrected chi connectivity index (χ2v) is 9.70. The summed E-state index contributed by atoms with van der Waals surface area (Å²) in [5, 5.41) is 0. The molecule has 0 aliphatic carbocycles. The zero-order valence-corrected chi connectivity index (χ0v) is 27.7. The van der Waals surface area contributed by atoms with Crippen molar-refractivity contribution < 1.29 is 56.8 Å². The van der Waals surface area contributed by atoms with Gasteiger partial charge in [0.25, 0.3) is 0 Å². The summed E-state index contributed by atoms with van der Waals surface area (Å²) in [7, 11) is 4.04. The van der Waals surface area contributed by atoms with Gasteiger partial charge in [0.15, 0.2) is 0 Å². The van der Waals surface area contributed by atoms with Crippen molar-refractivity contribution in [1.29, 1.82) is 0 Å². The Hall–Kier alpha value is -1.46.